The summed E-state index contributed by atoms with van der Waals surface area (Å²) in [7, 11) is 4.05. The first-order chi connectivity index (χ1) is 3.93. The fourth-order valence-corrected chi connectivity index (χ4v) is 4.20. The molecule has 1 heterocycles. The van der Waals surface area contributed by atoms with Gasteiger partial charge in [0, 0.05) is 22.5 Å². The van der Waals surface area contributed by atoms with Crippen molar-refractivity contribution in [3.05, 3.63) is 0 Å². The second-order valence-electron chi connectivity index (χ2n) is 1.66. The van der Waals surface area contributed by atoms with Crippen molar-refractivity contribution in [1.82, 2.24) is 0 Å². The first-order valence-electron chi connectivity index (χ1n) is 2.79. The van der Waals surface area contributed by atoms with Crippen LogP contribution in [-0.2, 0) is 0 Å². The number of hydrogen-bond acceptors (Lipinski definition) is 3. The second kappa shape index (κ2) is 3.96. The van der Waals surface area contributed by atoms with E-state index in [1.165, 1.54) is 17.3 Å². The van der Waals surface area contributed by atoms with Crippen molar-refractivity contribution >= 4 is 33.3 Å². The van der Waals surface area contributed by atoms with Crippen LogP contribution in [0.5, 0.6) is 0 Å². The normalized spacial score (nSPS) is 20.6. The Morgan fingerprint density at radius 1 is 1.62 bits per heavy atom. The predicted octanol–water partition coefficient (Wildman–Crippen LogP) is 2.50. The Kier molecular flexibility index (Phi) is 3.55. The number of rotatable bonds is 3. The second-order valence-corrected chi connectivity index (χ2v) is 5.69. The van der Waals surface area contributed by atoms with Crippen LogP contribution < -0.4 is 0 Å². The van der Waals surface area contributed by atoms with Gasteiger partial charge in [-0.15, -0.1) is 0 Å². The van der Waals surface area contributed by atoms with Crippen LogP contribution in [0.3, 0.4) is 0 Å². The van der Waals surface area contributed by atoms with Crippen molar-refractivity contribution in [2.24, 2.45) is 0 Å². The van der Waals surface area contributed by atoms with Gasteiger partial charge >= 0.3 is 0 Å². The van der Waals surface area contributed by atoms with Gasteiger partial charge in [-0.2, -0.15) is 11.8 Å². The smallest absolute Gasteiger partial charge is 0.0332 e. The monoisotopic (exact) mass is 166 g/mol. The molecule has 0 nitrogen and oxygen atoms in total. The summed E-state index contributed by atoms with van der Waals surface area (Å²) in [5.74, 6) is 4.03. The lowest BCUT2D eigenvalue weighted by Gasteiger charge is -2.22. The maximum Gasteiger partial charge on any atom is 0.0332 e. The van der Waals surface area contributed by atoms with Crippen LogP contribution >= 0.6 is 33.3 Å². The summed E-state index contributed by atoms with van der Waals surface area (Å²) in [5.41, 5.74) is 0. The van der Waals surface area contributed by atoms with Gasteiger partial charge in [0.15, 0.2) is 0 Å². The lowest BCUT2D eigenvalue weighted by atomic mass is 10.5. The van der Waals surface area contributed by atoms with Crippen molar-refractivity contribution in [1.29, 1.82) is 0 Å². The minimum atomic E-state index is 0.977. The lowest BCUT2D eigenvalue weighted by molar-refractivity contribution is 1.09. The van der Waals surface area contributed by atoms with E-state index in [0.29, 0.717) is 0 Å². The van der Waals surface area contributed by atoms with Crippen molar-refractivity contribution < 1.29 is 0 Å². The molecular formula is C5H10S3. The molecule has 0 aliphatic carbocycles. The van der Waals surface area contributed by atoms with E-state index in [1.54, 1.807) is 0 Å². The molecule has 0 aromatic rings. The van der Waals surface area contributed by atoms with Gasteiger partial charge < -0.3 is 0 Å². The van der Waals surface area contributed by atoms with Gasteiger partial charge in [0.05, 0.1) is 0 Å². The largest absolute Gasteiger partial charge is 0.160 e. The Bertz CT molecular complexity index is 60.7. The van der Waals surface area contributed by atoms with E-state index < -0.39 is 0 Å². The van der Waals surface area contributed by atoms with E-state index in [1.807, 2.05) is 10.8 Å². The standard InChI is InChI=1S/C5H10S3/c1-2-7-8-5-3-6-4-5/h5H,2-4H2,1H3. The molecule has 0 aromatic heterocycles. The van der Waals surface area contributed by atoms with Gasteiger partial charge in [-0.05, 0) is 0 Å². The molecule has 0 radical (unpaired) electrons. The van der Waals surface area contributed by atoms with E-state index in [4.69, 9.17) is 0 Å². The minimum absolute atomic E-state index is 0.977. The molecule has 8 heavy (non-hydrogen) atoms. The fourth-order valence-electron chi connectivity index (χ4n) is 0.434. The van der Waals surface area contributed by atoms with Gasteiger partial charge in [-0.3, -0.25) is 0 Å². The fraction of sp³-hybridized carbons (Fsp3) is 1.00. The molecule has 0 aromatic carbocycles. The first kappa shape index (κ1) is 7.16. The topological polar surface area (TPSA) is 0 Å². The highest BCUT2D eigenvalue weighted by Gasteiger charge is 2.17. The van der Waals surface area contributed by atoms with Crippen molar-refractivity contribution in [2.75, 3.05) is 17.3 Å². The van der Waals surface area contributed by atoms with Crippen LogP contribution in [0.1, 0.15) is 6.92 Å². The summed E-state index contributed by atoms with van der Waals surface area (Å²) in [6, 6.07) is 0. The molecule has 3 heteroatoms. The predicted molar refractivity (Wildman–Crippen MR) is 46.8 cm³/mol. The summed E-state index contributed by atoms with van der Waals surface area (Å²) in [4.78, 5) is 0. The van der Waals surface area contributed by atoms with Gasteiger partial charge in [0.25, 0.3) is 0 Å². The highest BCUT2D eigenvalue weighted by atomic mass is 33.1. The molecule has 48 valence electrons. The summed E-state index contributed by atoms with van der Waals surface area (Å²) in [6.07, 6.45) is 0. The van der Waals surface area contributed by atoms with Crippen LogP contribution in [0, 0.1) is 0 Å². The lowest BCUT2D eigenvalue weighted by Crippen LogP contribution is -2.19. The molecule has 1 aliphatic rings. The maximum atomic E-state index is 2.21. The molecule has 1 saturated heterocycles. The van der Waals surface area contributed by atoms with Crippen LogP contribution in [-0.4, -0.2) is 22.5 Å². The molecule has 1 aliphatic heterocycles. The molecule has 0 atom stereocenters. The quantitative estimate of drug-likeness (QED) is 0.591. The van der Waals surface area contributed by atoms with Crippen molar-refractivity contribution in [3.8, 4) is 0 Å². The average molecular weight is 166 g/mol. The first-order valence-corrected chi connectivity index (χ1v) is 6.33. The third-order valence-corrected chi connectivity index (χ3v) is 5.54. The Morgan fingerprint density at radius 3 is 2.75 bits per heavy atom. The molecule has 0 unspecified atom stereocenters. The van der Waals surface area contributed by atoms with Gasteiger partial charge in [-0.25, -0.2) is 0 Å². The SMILES string of the molecule is CCSSC1CSC1. The zero-order valence-corrected chi connectivity index (χ0v) is 7.37. The third kappa shape index (κ3) is 2.11. The molecule has 0 N–H and O–H groups in total. The van der Waals surface area contributed by atoms with E-state index in [-0.39, 0.29) is 0 Å². The van der Waals surface area contributed by atoms with Crippen molar-refractivity contribution in [3.63, 3.8) is 0 Å². The molecule has 0 spiro atoms. The molecule has 1 rings (SSSR count). The zero-order chi connectivity index (χ0) is 5.82. The average Bonchev–Trinajstić information content (AvgIpc) is 1.63. The van der Waals surface area contributed by atoms with Crippen LogP contribution in [0.15, 0.2) is 0 Å². The molecule has 0 bridgehead atoms. The van der Waals surface area contributed by atoms with Crippen LogP contribution in [0.2, 0.25) is 0 Å². The van der Waals surface area contributed by atoms with Gasteiger partial charge in [0.2, 0.25) is 0 Å². The van der Waals surface area contributed by atoms with Crippen LogP contribution in [0.25, 0.3) is 0 Å². The Hall–Kier alpha value is 1.05. The highest BCUT2D eigenvalue weighted by Crippen LogP contribution is 2.36. The highest BCUT2D eigenvalue weighted by molar-refractivity contribution is 8.77. The number of thioether (sulfide) groups is 1. The molecule has 0 amide bonds. The summed E-state index contributed by atoms with van der Waals surface area (Å²) >= 11 is 2.06. The minimum Gasteiger partial charge on any atom is -0.160 e. The Morgan fingerprint density at radius 2 is 2.38 bits per heavy atom. The maximum absolute atomic E-state index is 2.21. The molecular weight excluding hydrogens is 156 g/mol. The van der Waals surface area contributed by atoms with E-state index >= 15 is 0 Å². The summed E-state index contributed by atoms with van der Waals surface area (Å²) in [5, 5.41) is 0.977. The summed E-state index contributed by atoms with van der Waals surface area (Å²) < 4.78 is 0. The zero-order valence-electron chi connectivity index (χ0n) is 4.92. The van der Waals surface area contributed by atoms with E-state index in [0.717, 1.165) is 5.25 Å². The Labute approximate surface area is 63.0 Å². The Balaban J connectivity index is 1.86. The van der Waals surface area contributed by atoms with Gasteiger partial charge in [-0.1, -0.05) is 28.5 Å². The third-order valence-electron chi connectivity index (χ3n) is 0.929. The van der Waals surface area contributed by atoms with E-state index in [9.17, 15) is 0 Å². The van der Waals surface area contributed by atoms with E-state index in [2.05, 4.69) is 29.5 Å². The number of hydrogen-bond donors (Lipinski definition) is 0. The molecule has 1 fully saturated rings. The summed E-state index contributed by atoms with van der Waals surface area (Å²) in [6.45, 7) is 2.21. The van der Waals surface area contributed by atoms with Gasteiger partial charge in [0.1, 0.15) is 0 Å². The van der Waals surface area contributed by atoms with Crippen molar-refractivity contribution in [2.45, 2.75) is 12.2 Å². The molecule has 0 saturated carbocycles. The van der Waals surface area contributed by atoms with Crippen LogP contribution in [0.4, 0.5) is 0 Å².